The van der Waals surface area contributed by atoms with Crippen molar-refractivity contribution in [2.75, 3.05) is 34.8 Å². The fourth-order valence-electron chi connectivity index (χ4n) is 4.23. The van der Waals surface area contributed by atoms with Crippen LogP contribution in [0.2, 0.25) is 5.02 Å². The van der Waals surface area contributed by atoms with Crippen molar-refractivity contribution in [2.45, 2.75) is 26.2 Å². The van der Waals surface area contributed by atoms with Gasteiger partial charge in [-0.1, -0.05) is 17.7 Å². The largest absolute Gasteiger partial charge is 0.369 e. The van der Waals surface area contributed by atoms with E-state index < -0.39 is 11.8 Å². The summed E-state index contributed by atoms with van der Waals surface area (Å²) in [7, 11) is 0. The highest BCUT2D eigenvalue weighted by Gasteiger charge is 2.21. The van der Waals surface area contributed by atoms with Crippen LogP contribution in [0.15, 0.2) is 54.7 Å². The lowest BCUT2D eigenvalue weighted by Crippen LogP contribution is -2.31. The summed E-state index contributed by atoms with van der Waals surface area (Å²) in [5.41, 5.74) is 7.87. The summed E-state index contributed by atoms with van der Waals surface area (Å²) in [5.74, 6) is -0.893. The van der Waals surface area contributed by atoms with Crippen molar-refractivity contribution in [1.82, 2.24) is 4.98 Å². The van der Waals surface area contributed by atoms with Gasteiger partial charge in [-0.2, -0.15) is 0 Å². The number of piperidine rings is 1. The number of nitrogens with zero attached hydrogens (tertiary/aromatic N) is 3. The molecule has 1 aliphatic rings. The van der Waals surface area contributed by atoms with Gasteiger partial charge in [-0.25, -0.2) is 9.37 Å². The number of amides is 2. The van der Waals surface area contributed by atoms with Crippen molar-refractivity contribution >= 4 is 46.3 Å². The van der Waals surface area contributed by atoms with Crippen LogP contribution in [0.4, 0.5) is 27.3 Å². The van der Waals surface area contributed by atoms with E-state index in [4.69, 9.17) is 17.3 Å². The molecular formula is C26H27ClFN5O2. The maximum absolute atomic E-state index is 14.8. The monoisotopic (exact) mass is 495 g/mol. The fraction of sp³-hybridized carbons (Fsp3) is 0.269. The third-order valence-corrected chi connectivity index (χ3v) is 6.27. The van der Waals surface area contributed by atoms with Gasteiger partial charge in [0.25, 0.3) is 5.91 Å². The van der Waals surface area contributed by atoms with Crippen LogP contribution in [0, 0.1) is 12.7 Å². The number of anilines is 4. The van der Waals surface area contributed by atoms with Gasteiger partial charge in [0.15, 0.2) is 0 Å². The van der Waals surface area contributed by atoms with E-state index in [1.165, 1.54) is 6.07 Å². The molecule has 1 aromatic heterocycles. The lowest BCUT2D eigenvalue weighted by molar-refractivity contribution is -0.116. The van der Waals surface area contributed by atoms with E-state index in [-0.39, 0.29) is 17.9 Å². The molecule has 0 atom stereocenters. The Kier molecular flexibility index (Phi) is 7.51. The molecule has 0 aliphatic carbocycles. The molecule has 3 N–H and O–H groups in total. The summed E-state index contributed by atoms with van der Waals surface area (Å²) in [6.45, 7) is 3.33. The molecule has 4 rings (SSSR count). The number of aryl methyl sites for hydroxylation is 1. The van der Waals surface area contributed by atoms with Crippen molar-refractivity contribution in [1.29, 1.82) is 0 Å². The minimum atomic E-state index is -0.578. The number of nitrogens with one attached hydrogen (secondary N) is 1. The van der Waals surface area contributed by atoms with Gasteiger partial charge in [-0.05, 0) is 74.2 Å². The Hall–Kier alpha value is -3.65. The molecule has 3 aromatic rings. The first-order chi connectivity index (χ1) is 16.8. The molecule has 0 unspecified atom stereocenters. The summed E-state index contributed by atoms with van der Waals surface area (Å²) in [6, 6.07) is 13.0. The van der Waals surface area contributed by atoms with Crippen molar-refractivity contribution in [3.8, 4) is 0 Å². The first-order valence-electron chi connectivity index (χ1n) is 11.5. The third-order valence-electron chi connectivity index (χ3n) is 5.95. The van der Waals surface area contributed by atoms with E-state index in [1.807, 2.05) is 17.9 Å². The second-order valence-corrected chi connectivity index (χ2v) is 8.94. The van der Waals surface area contributed by atoms with Crippen LogP contribution in [0.3, 0.4) is 0 Å². The standard InChI is InChI=1S/C26H27ClFN5O2/c1-17-6-5-11-30-25(17)33(16-24(29)34)23-14-18(7-9-20(23)27)26(35)31-19-8-10-22(21(28)15-19)32-12-3-2-4-13-32/h5-11,14-15H,2-4,12-13,16H2,1H3,(H2,29,34)(H,31,35). The summed E-state index contributed by atoms with van der Waals surface area (Å²) < 4.78 is 14.8. The van der Waals surface area contributed by atoms with E-state index in [2.05, 4.69) is 10.3 Å². The topological polar surface area (TPSA) is 91.6 Å². The quantitative estimate of drug-likeness (QED) is 0.478. The molecule has 1 aliphatic heterocycles. The zero-order chi connectivity index (χ0) is 24.9. The highest BCUT2D eigenvalue weighted by molar-refractivity contribution is 6.33. The second-order valence-electron chi connectivity index (χ2n) is 8.53. The van der Waals surface area contributed by atoms with Crippen LogP contribution >= 0.6 is 11.6 Å². The zero-order valence-electron chi connectivity index (χ0n) is 19.4. The normalized spacial score (nSPS) is 13.4. The molecule has 2 heterocycles. The van der Waals surface area contributed by atoms with E-state index in [1.54, 1.807) is 47.5 Å². The van der Waals surface area contributed by atoms with Crippen molar-refractivity contribution < 1.29 is 14.0 Å². The van der Waals surface area contributed by atoms with Crippen LogP contribution in [0.1, 0.15) is 35.2 Å². The molecule has 1 saturated heterocycles. The Balaban J connectivity index is 1.59. The van der Waals surface area contributed by atoms with E-state index in [9.17, 15) is 14.0 Å². The predicted octanol–water partition coefficient (Wildman–Crippen LogP) is 5.05. The molecule has 2 amide bonds. The molecule has 0 radical (unpaired) electrons. The van der Waals surface area contributed by atoms with Gasteiger partial charge in [-0.3, -0.25) is 9.59 Å². The van der Waals surface area contributed by atoms with Crippen LogP contribution in [-0.4, -0.2) is 36.4 Å². The zero-order valence-corrected chi connectivity index (χ0v) is 20.2. The number of hydrogen-bond acceptors (Lipinski definition) is 5. The summed E-state index contributed by atoms with van der Waals surface area (Å²) in [6.07, 6.45) is 4.85. The predicted molar refractivity (Wildman–Crippen MR) is 137 cm³/mol. The van der Waals surface area contributed by atoms with E-state index >= 15 is 0 Å². The number of primary amides is 1. The number of carbonyl (C=O) groups excluding carboxylic acids is 2. The number of nitrogens with two attached hydrogens (primary N) is 1. The molecule has 0 saturated carbocycles. The minimum absolute atomic E-state index is 0.175. The van der Waals surface area contributed by atoms with Gasteiger partial charge < -0.3 is 20.9 Å². The molecule has 7 nitrogen and oxygen atoms in total. The lowest BCUT2D eigenvalue weighted by Gasteiger charge is -2.29. The van der Waals surface area contributed by atoms with Gasteiger partial charge in [0.05, 0.1) is 16.4 Å². The first kappa shape index (κ1) is 24.5. The van der Waals surface area contributed by atoms with Gasteiger partial charge in [0.1, 0.15) is 18.2 Å². The smallest absolute Gasteiger partial charge is 0.255 e. The van der Waals surface area contributed by atoms with Gasteiger partial charge in [-0.15, -0.1) is 0 Å². The maximum atomic E-state index is 14.8. The van der Waals surface area contributed by atoms with Gasteiger partial charge in [0.2, 0.25) is 5.91 Å². The molecule has 0 bridgehead atoms. The number of halogens is 2. The molecule has 35 heavy (non-hydrogen) atoms. The average molecular weight is 496 g/mol. The Morgan fingerprint density at radius 2 is 1.91 bits per heavy atom. The molecular weight excluding hydrogens is 469 g/mol. The third kappa shape index (κ3) is 5.71. The summed E-state index contributed by atoms with van der Waals surface area (Å²) in [4.78, 5) is 32.8. The maximum Gasteiger partial charge on any atom is 0.255 e. The molecule has 182 valence electrons. The molecule has 1 fully saturated rings. The lowest BCUT2D eigenvalue weighted by atomic mass is 10.1. The fourth-order valence-corrected chi connectivity index (χ4v) is 4.45. The molecule has 0 spiro atoms. The number of pyridine rings is 1. The average Bonchev–Trinajstić information content (AvgIpc) is 2.84. The van der Waals surface area contributed by atoms with Crippen LogP contribution in [0.5, 0.6) is 0 Å². The highest BCUT2D eigenvalue weighted by atomic mass is 35.5. The van der Waals surface area contributed by atoms with E-state index in [0.29, 0.717) is 27.9 Å². The van der Waals surface area contributed by atoms with Crippen LogP contribution in [-0.2, 0) is 4.79 Å². The number of benzene rings is 2. The highest BCUT2D eigenvalue weighted by Crippen LogP contribution is 2.33. The Labute approximate surface area is 208 Å². The number of rotatable bonds is 7. The van der Waals surface area contributed by atoms with Gasteiger partial charge in [0, 0.05) is 30.5 Å². The van der Waals surface area contributed by atoms with Crippen molar-refractivity contribution in [2.24, 2.45) is 5.73 Å². The first-order valence-corrected chi connectivity index (χ1v) is 11.8. The summed E-state index contributed by atoms with van der Waals surface area (Å²) in [5, 5.41) is 3.06. The number of aromatic nitrogens is 1. The Morgan fingerprint density at radius 1 is 1.14 bits per heavy atom. The minimum Gasteiger partial charge on any atom is -0.369 e. The Bertz CT molecular complexity index is 1250. The second kappa shape index (κ2) is 10.7. The van der Waals surface area contributed by atoms with Crippen LogP contribution < -0.4 is 20.9 Å². The number of carbonyl (C=O) groups is 2. The SMILES string of the molecule is Cc1cccnc1N(CC(N)=O)c1cc(C(=O)Nc2ccc(N3CCCCC3)c(F)c2)ccc1Cl. The molecule has 9 heteroatoms. The van der Waals surface area contributed by atoms with Crippen molar-refractivity contribution in [3.05, 3.63) is 76.7 Å². The van der Waals surface area contributed by atoms with Gasteiger partial charge >= 0.3 is 0 Å². The molecule has 2 aromatic carbocycles. The van der Waals surface area contributed by atoms with Crippen LogP contribution in [0.25, 0.3) is 0 Å². The Morgan fingerprint density at radius 3 is 2.60 bits per heavy atom. The van der Waals surface area contributed by atoms with Crippen molar-refractivity contribution in [3.63, 3.8) is 0 Å². The summed E-state index contributed by atoms with van der Waals surface area (Å²) >= 11 is 6.45. The number of hydrogen-bond donors (Lipinski definition) is 2. The van der Waals surface area contributed by atoms with E-state index in [0.717, 1.165) is 37.9 Å².